The SMILES string of the molecule is NCC1c2cccc(F)c2-c2cc(Cl)cc(Cl)c21. The van der Waals surface area contributed by atoms with Crippen LogP contribution in [0.4, 0.5) is 4.39 Å². The molecule has 0 aliphatic heterocycles. The van der Waals surface area contributed by atoms with Gasteiger partial charge in [-0.2, -0.15) is 0 Å². The molecule has 3 rings (SSSR count). The Morgan fingerprint density at radius 3 is 2.72 bits per heavy atom. The average Bonchev–Trinajstić information content (AvgIpc) is 2.64. The van der Waals surface area contributed by atoms with Crippen molar-refractivity contribution in [3.8, 4) is 11.1 Å². The van der Waals surface area contributed by atoms with Crippen molar-refractivity contribution in [1.82, 2.24) is 0 Å². The Morgan fingerprint density at radius 1 is 1.22 bits per heavy atom. The van der Waals surface area contributed by atoms with Gasteiger partial charge in [-0.15, -0.1) is 0 Å². The smallest absolute Gasteiger partial charge is 0.131 e. The Hall–Kier alpha value is -1.09. The molecule has 2 aromatic carbocycles. The predicted molar refractivity (Wildman–Crippen MR) is 72.8 cm³/mol. The molecule has 0 heterocycles. The standard InChI is InChI=1S/C14H10Cl2FN/c15-7-4-9-13(11(16)5-7)10(6-18)8-2-1-3-12(17)14(8)9/h1-5,10H,6,18H2. The van der Waals surface area contributed by atoms with Crippen molar-refractivity contribution in [1.29, 1.82) is 0 Å². The molecule has 18 heavy (non-hydrogen) atoms. The van der Waals surface area contributed by atoms with Crippen LogP contribution in [0.5, 0.6) is 0 Å². The maximum atomic E-state index is 14.0. The molecule has 0 saturated heterocycles. The summed E-state index contributed by atoms with van der Waals surface area (Å²) < 4.78 is 14.0. The molecule has 2 aromatic rings. The highest BCUT2D eigenvalue weighted by atomic mass is 35.5. The monoisotopic (exact) mass is 281 g/mol. The van der Waals surface area contributed by atoms with Crippen LogP contribution in [0.1, 0.15) is 17.0 Å². The van der Waals surface area contributed by atoms with Gasteiger partial charge in [-0.05, 0) is 34.9 Å². The van der Waals surface area contributed by atoms with E-state index in [1.807, 2.05) is 6.07 Å². The highest BCUT2D eigenvalue weighted by molar-refractivity contribution is 6.36. The first-order chi connectivity index (χ1) is 8.63. The third-order valence-corrected chi connectivity index (χ3v) is 3.90. The summed E-state index contributed by atoms with van der Waals surface area (Å²) in [5, 5.41) is 1.05. The number of nitrogens with two attached hydrogens (primary N) is 1. The minimum absolute atomic E-state index is 0.0598. The molecule has 1 nitrogen and oxygen atoms in total. The van der Waals surface area contributed by atoms with Gasteiger partial charge in [-0.25, -0.2) is 4.39 Å². The van der Waals surface area contributed by atoms with E-state index in [1.165, 1.54) is 6.07 Å². The van der Waals surface area contributed by atoms with Crippen molar-refractivity contribution in [2.24, 2.45) is 5.73 Å². The molecule has 1 atom stereocenters. The zero-order valence-corrected chi connectivity index (χ0v) is 10.9. The van der Waals surface area contributed by atoms with Crippen LogP contribution in [0, 0.1) is 5.82 Å². The van der Waals surface area contributed by atoms with Crippen LogP contribution in [-0.4, -0.2) is 6.54 Å². The predicted octanol–water partition coefficient (Wildman–Crippen LogP) is 4.20. The van der Waals surface area contributed by atoms with E-state index < -0.39 is 0 Å². The van der Waals surface area contributed by atoms with Gasteiger partial charge in [0.15, 0.2) is 0 Å². The van der Waals surface area contributed by atoms with Crippen LogP contribution in [0.3, 0.4) is 0 Å². The topological polar surface area (TPSA) is 26.0 Å². The third kappa shape index (κ3) is 1.57. The van der Waals surface area contributed by atoms with E-state index in [9.17, 15) is 4.39 Å². The van der Waals surface area contributed by atoms with E-state index in [0.717, 1.165) is 16.7 Å². The van der Waals surface area contributed by atoms with Crippen molar-refractivity contribution in [2.75, 3.05) is 6.54 Å². The summed E-state index contributed by atoms with van der Waals surface area (Å²) in [4.78, 5) is 0. The van der Waals surface area contributed by atoms with Gasteiger partial charge in [-0.1, -0.05) is 35.3 Å². The summed E-state index contributed by atoms with van der Waals surface area (Å²) in [5.74, 6) is -0.321. The number of halogens is 3. The van der Waals surface area contributed by atoms with Crippen LogP contribution < -0.4 is 5.73 Å². The number of rotatable bonds is 1. The lowest BCUT2D eigenvalue weighted by molar-refractivity contribution is 0.630. The second-order valence-electron chi connectivity index (χ2n) is 4.34. The molecule has 2 N–H and O–H groups in total. The van der Waals surface area contributed by atoms with Gasteiger partial charge < -0.3 is 5.73 Å². The molecule has 1 aliphatic rings. The number of fused-ring (bicyclic) bond motifs is 3. The third-order valence-electron chi connectivity index (χ3n) is 3.37. The highest BCUT2D eigenvalue weighted by Crippen LogP contribution is 2.49. The highest BCUT2D eigenvalue weighted by Gasteiger charge is 2.32. The lowest BCUT2D eigenvalue weighted by Gasteiger charge is -2.11. The Bertz CT molecular complexity index is 640. The summed E-state index contributed by atoms with van der Waals surface area (Å²) in [5.41, 5.74) is 8.91. The van der Waals surface area contributed by atoms with Crippen molar-refractivity contribution in [3.05, 3.63) is 57.3 Å². The number of hydrogen-bond donors (Lipinski definition) is 1. The van der Waals surface area contributed by atoms with Gasteiger partial charge >= 0.3 is 0 Å². The van der Waals surface area contributed by atoms with Crippen molar-refractivity contribution >= 4 is 23.2 Å². The van der Waals surface area contributed by atoms with Crippen molar-refractivity contribution in [2.45, 2.75) is 5.92 Å². The lowest BCUT2D eigenvalue weighted by Crippen LogP contribution is -2.11. The Morgan fingerprint density at radius 2 is 2.00 bits per heavy atom. The van der Waals surface area contributed by atoms with Gasteiger partial charge in [0.2, 0.25) is 0 Å². The van der Waals surface area contributed by atoms with Gasteiger partial charge in [0, 0.05) is 28.1 Å². The van der Waals surface area contributed by atoms with Gasteiger partial charge in [0.05, 0.1) is 0 Å². The summed E-state index contributed by atoms with van der Waals surface area (Å²) in [6.07, 6.45) is 0. The molecule has 0 spiro atoms. The Kier molecular flexibility index (Phi) is 2.81. The molecular formula is C14H10Cl2FN. The van der Waals surface area contributed by atoms with E-state index in [0.29, 0.717) is 22.2 Å². The first kappa shape index (κ1) is 12.0. The zero-order valence-electron chi connectivity index (χ0n) is 9.38. The Labute approximate surface area is 114 Å². The van der Waals surface area contributed by atoms with Crippen LogP contribution in [0.2, 0.25) is 10.0 Å². The molecule has 1 aliphatic carbocycles. The fourth-order valence-corrected chi connectivity index (χ4v) is 3.29. The van der Waals surface area contributed by atoms with Crippen molar-refractivity contribution < 1.29 is 4.39 Å². The fraction of sp³-hybridized carbons (Fsp3) is 0.143. The minimum Gasteiger partial charge on any atom is -0.330 e. The summed E-state index contributed by atoms with van der Waals surface area (Å²) in [7, 11) is 0. The first-order valence-electron chi connectivity index (χ1n) is 5.61. The van der Waals surface area contributed by atoms with Gasteiger partial charge in [0.1, 0.15) is 5.82 Å². The molecule has 0 radical (unpaired) electrons. The van der Waals surface area contributed by atoms with Crippen molar-refractivity contribution in [3.63, 3.8) is 0 Å². The lowest BCUT2D eigenvalue weighted by atomic mass is 9.97. The largest absolute Gasteiger partial charge is 0.330 e. The second kappa shape index (κ2) is 4.23. The molecule has 1 unspecified atom stereocenters. The van der Waals surface area contributed by atoms with Gasteiger partial charge in [0.25, 0.3) is 0 Å². The molecule has 92 valence electrons. The van der Waals surface area contributed by atoms with Crippen LogP contribution in [0.15, 0.2) is 30.3 Å². The minimum atomic E-state index is -0.261. The average molecular weight is 282 g/mol. The summed E-state index contributed by atoms with van der Waals surface area (Å²) >= 11 is 12.2. The quantitative estimate of drug-likeness (QED) is 0.833. The fourth-order valence-electron chi connectivity index (χ4n) is 2.66. The van der Waals surface area contributed by atoms with Crippen LogP contribution in [0.25, 0.3) is 11.1 Å². The molecule has 4 heteroatoms. The zero-order chi connectivity index (χ0) is 12.9. The van der Waals surface area contributed by atoms with E-state index in [-0.39, 0.29) is 11.7 Å². The molecule has 0 fully saturated rings. The van der Waals surface area contributed by atoms with E-state index in [4.69, 9.17) is 28.9 Å². The van der Waals surface area contributed by atoms with E-state index in [2.05, 4.69) is 0 Å². The van der Waals surface area contributed by atoms with E-state index in [1.54, 1.807) is 18.2 Å². The van der Waals surface area contributed by atoms with Gasteiger partial charge in [-0.3, -0.25) is 0 Å². The summed E-state index contributed by atoms with van der Waals surface area (Å²) in [6.45, 7) is 0.394. The molecule has 0 bridgehead atoms. The maximum absolute atomic E-state index is 14.0. The maximum Gasteiger partial charge on any atom is 0.131 e. The van der Waals surface area contributed by atoms with Crippen LogP contribution >= 0.6 is 23.2 Å². The number of benzene rings is 2. The first-order valence-corrected chi connectivity index (χ1v) is 6.37. The second-order valence-corrected chi connectivity index (χ2v) is 5.18. The van der Waals surface area contributed by atoms with Crippen LogP contribution in [-0.2, 0) is 0 Å². The molecule has 0 amide bonds. The molecule has 0 saturated carbocycles. The molecule has 0 aromatic heterocycles. The Balaban J connectivity index is 2.39. The van der Waals surface area contributed by atoms with E-state index >= 15 is 0 Å². The molecular weight excluding hydrogens is 272 g/mol. The normalized spacial score (nSPS) is 16.6. The number of hydrogen-bond acceptors (Lipinski definition) is 1. The summed E-state index contributed by atoms with van der Waals surface area (Å²) in [6, 6.07) is 8.45.